The maximum atomic E-state index is 12.2. The summed E-state index contributed by atoms with van der Waals surface area (Å²) >= 11 is 4.59. The van der Waals surface area contributed by atoms with E-state index in [1.54, 1.807) is 6.07 Å². The van der Waals surface area contributed by atoms with Gasteiger partial charge < -0.3 is 5.32 Å². The van der Waals surface area contributed by atoms with Crippen LogP contribution in [0.1, 0.15) is 22.8 Å². The van der Waals surface area contributed by atoms with Crippen LogP contribution in [0, 0.1) is 5.92 Å². The number of amides is 1. The molecule has 1 aromatic carbocycles. The zero-order chi connectivity index (χ0) is 16.6. The van der Waals surface area contributed by atoms with Crippen molar-refractivity contribution in [3.8, 4) is 0 Å². The van der Waals surface area contributed by atoms with Crippen LogP contribution in [0.3, 0.4) is 0 Å². The third-order valence-corrected chi connectivity index (χ3v) is 7.03. The SMILES string of the molecule is NS(=O)(=O)c1ccc(CNC(=O)[C@H]2C[C@@H]2c2ccccc2Br)s1. The van der Waals surface area contributed by atoms with Gasteiger partial charge in [0.25, 0.3) is 0 Å². The molecule has 0 unspecified atom stereocenters. The van der Waals surface area contributed by atoms with E-state index in [4.69, 9.17) is 5.14 Å². The van der Waals surface area contributed by atoms with Crippen LogP contribution in [0.4, 0.5) is 0 Å². The van der Waals surface area contributed by atoms with Gasteiger partial charge in [0, 0.05) is 15.3 Å². The Labute approximate surface area is 147 Å². The van der Waals surface area contributed by atoms with Crippen LogP contribution in [0.2, 0.25) is 0 Å². The third kappa shape index (κ3) is 3.82. The van der Waals surface area contributed by atoms with Crippen molar-refractivity contribution in [3.63, 3.8) is 0 Å². The van der Waals surface area contributed by atoms with Gasteiger partial charge in [0.05, 0.1) is 6.54 Å². The first kappa shape index (κ1) is 16.6. The molecule has 2 atom stereocenters. The molecule has 1 fully saturated rings. The molecule has 8 heteroatoms. The zero-order valence-corrected chi connectivity index (χ0v) is 15.2. The highest BCUT2D eigenvalue weighted by molar-refractivity contribution is 9.10. The molecule has 1 amide bonds. The van der Waals surface area contributed by atoms with E-state index in [0.717, 1.165) is 32.7 Å². The van der Waals surface area contributed by atoms with Crippen LogP contribution >= 0.6 is 27.3 Å². The maximum Gasteiger partial charge on any atom is 0.247 e. The Morgan fingerprint density at radius 3 is 2.70 bits per heavy atom. The fraction of sp³-hybridized carbons (Fsp3) is 0.267. The number of nitrogens with two attached hydrogens (primary N) is 1. The highest BCUT2D eigenvalue weighted by Crippen LogP contribution is 2.49. The van der Waals surface area contributed by atoms with Gasteiger partial charge in [-0.25, -0.2) is 13.6 Å². The van der Waals surface area contributed by atoms with Crippen molar-refractivity contribution in [2.75, 3.05) is 0 Å². The van der Waals surface area contributed by atoms with Gasteiger partial charge in [-0.2, -0.15) is 0 Å². The van der Waals surface area contributed by atoms with E-state index in [1.165, 1.54) is 6.07 Å². The van der Waals surface area contributed by atoms with Gasteiger partial charge in [0.2, 0.25) is 15.9 Å². The van der Waals surface area contributed by atoms with Gasteiger partial charge in [-0.15, -0.1) is 11.3 Å². The Morgan fingerprint density at radius 2 is 2.04 bits per heavy atom. The molecule has 122 valence electrons. The molecule has 1 saturated carbocycles. The number of halogens is 1. The van der Waals surface area contributed by atoms with Crippen molar-refractivity contribution < 1.29 is 13.2 Å². The lowest BCUT2D eigenvalue weighted by Gasteiger charge is -2.05. The first-order valence-corrected chi connectivity index (χ1v) is 10.2. The molecule has 3 N–H and O–H groups in total. The van der Waals surface area contributed by atoms with Gasteiger partial charge >= 0.3 is 0 Å². The summed E-state index contributed by atoms with van der Waals surface area (Å²) in [5.74, 6) is 0.219. The van der Waals surface area contributed by atoms with E-state index < -0.39 is 10.0 Å². The quantitative estimate of drug-likeness (QED) is 0.787. The molecule has 0 spiro atoms. The first-order chi connectivity index (χ1) is 10.9. The molecule has 3 rings (SSSR count). The number of rotatable bonds is 5. The standard InChI is InChI=1S/C15H15BrN2O3S2/c16-13-4-2-1-3-10(13)11-7-12(11)15(19)18-8-9-5-6-14(22-9)23(17,20)21/h1-6,11-12H,7-8H2,(H,18,19)(H2,17,20,21)/t11-,12+/m1/s1. The highest BCUT2D eigenvalue weighted by Gasteiger charge is 2.44. The number of nitrogens with one attached hydrogen (secondary N) is 1. The van der Waals surface area contributed by atoms with E-state index in [9.17, 15) is 13.2 Å². The lowest BCUT2D eigenvalue weighted by Crippen LogP contribution is -2.24. The molecular weight excluding hydrogens is 400 g/mol. The number of sulfonamides is 1. The molecule has 1 aliphatic rings. The van der Waals surface area contributed by atoms with Crippen molar-refractivity contribution in [1.29, 1.82) is 0 Å². The van der Waals surface area contributed by atoms with Crippen LogP contribution in [0.15, 0.2) is 45.1 Å². The van der Waals surface area contributed by atoms with Gasteiger partial charge in [-0.05, 0) is 36.1 Å². The number of primary sulfonamides is 1. The Kier molecular flexibility index (Phi) is 4.59. The minimum atomic E-state index is -3.67. The normalized spacial score (nSPS) is 20.3. The fourth-order valence-corrected chi connectivity index (χ4v) is 4.81. The van der Waals surface area contributed by atoms with Gasteiger partial charge in [-0.3, -0.25) is 4.79 Å². The van der Waals surface area contributed by atoms with E-state index in [0.29, 0.717) is 6.54 Å². The monoisotopic (exact) mass is 414 g/mol. The second-order valence-electron chi connectivity index (χ2n) is 5.45. The number of carbonyl (C=O) groups excluding carboxylic acids is 1. The molecule has 5 nitrogen and oxygen atoms in total. The molecule has 0 radical (unpaired) electrons. The summed E-state index contributed by atoms with van der Waals surface area (Å²) in [6.45, 7) is 0.318. The summed E-state index contributed by atoms with van der Waals surface area (Å²) in [6, 6.07) is 11.0. The molecule has 0 aliphatic heterocycles. The van der Waals surface area contributed by atoms with Crippen LogP contribution in [-0.2, 0) is 21.4 Å². The minimum absolute atomic E-state index is 0.00342. The van der Waals surface area contributed by atoms with Gasteiger partial charge in [0.1, 0.15) is 4.21 Å². The largest absolute Gasteiger partial charge is 0.351 e. The smallest absolute Gasteiger partial charge is 0.247 e. The summed E-state index contributed by atoms with van der Waals surface area (Å²) < 4.78 is 23.6. The van der Waals surface area contributed by atoms with Crippen LogP contribution in [0.25, 0.3) is 0 Å². The summed E-state index contributed by atoms with van der Waals surface area (Å²) in [4.78, 5) is 13.0. The number of hydrogen-bond donors (Lipinski definition) is 2. The highest BCUT2D eigenvalue weighted by atomic mass is 79.9. The van der Waals surface area contributed by atoms with Crippen LogP contribution < -0.4 is 10.5 Å². The summed E-state index contributed by atoms with van der Waals surface area (Å²) in [6.07, 6.45) is 0.835. The van der Waals surface area contributed by atoms with Crippen molar-refractivity contribution in [1.82, 2.24) is 5.32 Å². The molecule has 1 aromatic heterocycles. The number of thiophene rings is 1. The Hall–Kier alpha value is -1.22. The van der Waals surface area contributed by atoms with E-state index >= 15 is 0 Å². The minimum Gasteiger partial charge on any atom is -0.351 e. The van der Waals surface area contributed by atoms with E-state index in [1.807, 2.05) is 24.3 Å². The second-order valence-corrected chi connectivity index (χ2v) is 9.26. The molecule has 1 aliphatic carbocycles. The number of benzene rings is 1. The first-order valence-electron chi connectivity index (χ1n) is 7.00. The molecule has 23 heavy (non-hydrogen) atoms. The molecular formula is C15H15BrN2O3S2. The number of carbonyl (C=O) groups is 1. The fourth-order valence-electron chi connectivity index (χ4n) is 2.52. The van der Waals surface area contributed by atoms with Gasteiger partial charge in [0.15, 0.2) is 0 Å². The second kappa shape index (κ2) is 6.35. The molecule has 0 saturated heterocycles. The van der Waals surface area contributed by atoms with Crippen molar-refractivity contribution in [2.45, 2.75) is 23.1 Å². The summed E-state index contributed by atoms with van der Waals surface area (Å²) in [5, 5.41) is 7.94. The average molecular weight is 415 g/mol. The molecule has 1 heterocycles. The average Bonchev–Trinajstić information content (AvgIpc) is 3.12. The van der Waals surface area contributed by atoms with Crippen LogP contribution in [0.5, 0.6) is 0 Å². The Morgan fingerprint density at radius 1 is 1.30 bits per heavy atom. The van der Waals surface area contributed by atoms with E-state index in [-0.39, 0.29) is 22.0 Å². The predicted molar refractivity (Wildman–Crippen MR) is 92.5 cm³/mol. The Balaban J connectivity index is 1.57. The predicted octanol–water partition coefficient (Wildman–Crippen LogP) is 2.58. The zero-order valence-electron chi connectivity index (χ0n) is 12.0. The molecule has 0 bridgehead atoms. The lowest BCUT2D eigenvalue weighted by atomic mass is 10.1. The van der Waals surface area contributed by atoms with Crippen LogP contribution in [-0.4, -0.2) is 14.3 Å². The van der Waals surface area contributed by atoms with Crippen molar-refractivity contribution in [3.05, 3.63) is 51.3 Å². The van der Waals surface area contributed by atoms with Gasteiger partial charge in [-0.1, -0.05) is 34.1 Å². The maximum absolute atomic E-state index is 12.2. The summed E-state index contributed by atoms with van der Waals surface area (Å²) in [7, 11) is -3.67. The number of hydrogen-bond acceptors (Lipinski definition) is 4. The third-order valence-electron chi connectivity index (χ3n) is 3.79. The molecule has 2 aromatic rings. The van der Waals surface area contributed by atoms with E-state index in [2.05, 4.69) is 21.2 Å². The van der Waals surface area contributed by atoms with Crippen molar-refractivity contribution in [2.24, 2.45) is 11.1 Å². The lowest BCUT2D eigenvalue weighted by molar-refractivity contribution is -0.122. The summed E-state index contributed by atoms with van der Waals surface area (Å²) in [5.41, 5.74) is 1.15. The topological polar surface area (TPSA) is 89.3 Å². The van der Waals surface area contributed by atoms with Crippen molar-refractivity contribution >= 4 is 43.2 Å². The Bertz CT molecular complexity index is 848.